The molecule has 0 radical (unpaired) electrons. The molecule has 0 aliphatic rings. The van der Waals surface area contributed by atoms with E-state index < -0.39 is 5.56 Å². The highest BCUT2D eigenvalue weighted by molar-refractivity contribution is 5.75. The van der Waals surface area contributed by atoms with Gasteiger partial charge in [0, 0.05) is 20.1 Å². The van der Waals surface area contributed by atoms with Gasteiger partial charge in [0.15, 0.2) is 0 Å². The summed E-state index contributed by atoms with van der Waals surface area (Å²) in [6, 6.07) is 18.6. The third kappa shape index (κ3) is 5.70. The van der Waals surface area contributed by atoms with Gasteiger partial charge in [0.05, 0.1) is 0 Å². The first-order valence-corrected chi connectivity index (χ1v) is 10.4. The molecule has 0 saturated heterocycles. The highest BCUT2D eigenvalue weighted by Crippen LogP contribution is 1.98. The Morgan fingerprint density at radius 3 is 1.94 bits per heavy atom. The van der Waals surface area contributed by atoms with Gasteiger partial charge in [-0.1, -0.05) is 60.7 Å². The standard InChI is InChI=1S/C25H28N4O3/c1-27(2)15-14-26-23(30)18-29-22(17-20-12-8-5-9-13-20)24(31)28(3)21(25(29)32)16-19-10-6-4-7-11-19/h4-13,16-17H,14-15,18H2,1-3H3,(H,26,30). The minimum atomic E-state index is -0.402. The Hall–Kier alpha value is -3.71. The molecule has 0 atom stereocenters. The summed E-state index contributed by atoms with van der Waals surface area (Å²) in [6.07, 6.45) is 3.31. The van der Waals surface area contributed by atoms with Crippen molar-refractivity contribution in [1.82, 2.24) is 19.4 Å². The Labute approximate surface area is 186 Å². The van der Waals surface area contributed by atoms with E-state index in [-0.39, 0.29) is 28.7 Å². The largest absolute Gasteiger partial charge is 0.353 e. The van der Waals surface area contributed by atoms with E-state index in [0.29, 0.717) is 13.1 Å². The molecule has 0 saturated carbocycles. The molecule has 7 heteroatoms. The summed E-state index contributed by atoms with van der Waals surface area (Å²) in [4.78, 5) is 41.2. The molecule has 1 aromatic heterocycles. The Morgan fingerprint density at radius 2 is 1.41 bits per heavy atom. The highest BCUT2D eigenvalue weighted by Gasteiger charge is 2.12. The molecule has 0 unspecified atom stereocenters. The average molecular weight is 433 g/mol. The fourth-order valence-electron chi connectivity index (χ4n) is 3.28. The Morgan fingerprint density at radius 1 is 0.875 bits per heavy atom. The van der Waals surface area contributed by atoms with E-state index in [1.807, 2.05) is 79.7 Å². The maximum atomic E-state index is 13.4. The lowest BCUT2D eigenvalue weighted by molar-refractivity contribution is -0.121. The van der Waals surface area contributed by atoms with Gasteiger partial charge in [0.2, 0.25) is 5.91 Å². The van der Waals surface area contributed by atoms with Crippen LogP contribution in [0.15, 0.2) is 70.3 Å². The second-order valence-corrected chi connectivity index (χ2v) is 7.79. The molecule has 1 amide bonds. The van der Waals surface area contributed by atoms with Crippen molar-refractivity contribution in [2.75, 3.05) is 27.2 Å². The van der Waals surface area contributed by atoms with Crippen molar-refractivity contribution in [2.45, 2.75) is 6.54 Å². The van der Waals surface area contributed by atoms with Gasteiger partial charge < -0.3 is 14.8 Å². The summed E-state index contributed by atoms with van der Waals surface area (Å²) < 4.78 is 2.60. The van der Waals surface area contributed by atoms with E-state index >= 15 is 0 Å². The van der Waals surface area contributed by atoms with Crippen molar-refractivity contribution in [3.8, 4) is 0 Å². The van der Waals surface area contributed by atoms with E-state index in [4.69, 9.17) is 0 Å². The summed E-state index contributed by atoms with van der Waals surface area (Å²) in [5.74, 6) is -0.324. The molecule has 32 heavy (non-hydrogen) atoms. The van der Waals surface area contributed by atoms with Crippen molar-refractivity contribution in [3.05, 3.63) is 103 Å². The van der Waals surface area contributed by atoms with Crippen molar-refractivity contribution in [3.63, 3.8) is 0 Å². The average Bonchev–Trinajstić information content (AvgIpc) is 2.78. The Balaban J connectivity index is 2.18. The van der Waals surface area contributed by atoms with Crippen LogP contribution in [-0.2, 0) is 18.4 Å². The molecule has 0 bridgehead atoms. The molecule has 0 aliphatic heterocycles. The summed E-state index contributed by atoms with van der Waals surface area (Å²) in [6.45, 7) is 0.885. The van der Waals surface area contributed by atoms with Crippen molar-refractivity contribution >= 4 is 18.1 Å². The van der Waals surface area contributed by atoms with Gasteiger partial charge in [-0.05, 0) is 37.4 Å². The topological polar surface area (TPSA) is 76.3 Å². The quantitative estimate of drug-likeness (QED) is 0.565. The number of aromatic nitrogens is 2. The molecule has 3 rings (SSSR count). The molecular weight excluding hydrogens is 404 g/mol. The molecule has 0 spiro atoms. The van der Waals surface area contributed by atoms with Crippen LogP contribution in [0.2, 0.25) is 0 Å². The molecule has 1 heterocycles. The maximum absolute atomic E-state index is 13.4. The fraction of sp³-hybridized carbons (Fsp3) is 0.240. The summed E-state index contributed by atoms with van der Waals surface area (Å²) >= 11 is 0. The number of hydrogen-bond acceptors (Lipinski definition) is 4. The third-order valence-electron chi connectivity index (χ3n) is 5.03. The van der Waals surface area contributed by atoms with Gasteiger partial charge >= 0.3 is 0 Å². The predicted octanol–water partition coefficient (Wildman–Crippen LogP) is -0.118. The van der Waals surface area contributed by atoms with E-state index in [1.54, 1.807) is 19.2 Å². The smallest absolute Gasteiger partial charge is 0.275 e. The summed E-state index contributed by atoms with van der Waals surface area (Å²) in [5, 5.41) is 3.19. The van der Waals surface area contributed by atoms with Crippen molar-refractivity contribution < 1.29 is 4.79 Å². The molecule has 0 fully saturated rings. The van der Waals surface area contributed by atoms with E-state index in [1.165, 1.54) is 9.13 Å². The Bertz CT molecular complexity index is 1310. The minimum absolute atomic E-state index is 0.164. The number of rotatable bonds is 7. The monoisotopic (exact) mass is 432 g/mol. The molecule has 7 nitrogen and oxygen atoms in total. The van der Waals surface area contributed by atoms with Gasteiger partial charge in [-0.2, -0.15) is 0 Å². The number of nitrogens with one attached hydrogen (secondary N) is 1. The number of nitrogens with zero attached hydrogens (tertiary/aromatic N) is 3. The van der Waals surface area contributed by atoms with E-state index in [2.05, 4.69) is 5.32 Å². The zero-order valence-electron chi connectivity index (χ0n) is 18.6. The summed E-state index contributed by atoms with van der Waals surface area (Å²) in [7, 11) is 5.40. The van der Waals surface area contributed by atoms with Gasteiger partial charge in [-0.15, -0.1) is 0 Å². The second kappa shape index (κ2) is 10.5. The lowest BCUT2D eigenvalue weighted by atomic mass is 10.2. The number of hydrogen-bond donors (Lipinski definition) is 1. The third-order valence-corrected chi connectivity index (χ3v) is 5.03. The van der Waals surface area contributed by atoms with Crippen LogP contribution in [0.3, 0.4) is 0 Å². The Kier molecular flexibility index (Phi) is 7.57. The van der Waals surface area contributed by atoms with Crippen LogP contribution < -0.4 is 27.1 Å². The van der Waals surface area contributed by atoms with Crippen LogP contribution in [0.25, 0.3) is 12.2 Å². The van der Waals surface area contributed by atoms with Crippen LogP contribution in [0.5, 0.6) is 0 Å². The second-order valence-electron chi connectivity index (χ2n) is 7.79. The number of amides is 1. The van der Waals surface area contributed by atoms with Gasteiger partial charge in [-0.3, -0.25) is 19.0 Å². The molecule has 3 aromatic rings. The minimum Gasteiger partial charge on any atom is -0.353 e. The summed E-state index contributed by atoms with van der Waals surface area (Å²) in [5.41, 5.74) is 0.810. The first-order chi connectivity index (χ1) is 15.4. The first kappa shape index (κ1) is 23.0. The van der Waals surface area contributed by atoms with Gasteiger partial charge in [0.1, 0.15) is 17.2 Å². The number of benzene rings is 2. The fourth-order valence-corrected chi connectivity index (χ4v) is 3.28. The van der Waals surface area contributed by atoms with Crippen molar-refractivity contribution in [2.24, 2.45) is 7.05 Å². The lowest BCUT2D eigenvalue weighted by Crippen LogP contribution is -2.58. The van der Waals surface area contributed by atoms with E-state index in [9.17, 15) is 14.4 Å². The normalized spacial score (nSPS) is 12.4. The number of carbonyl (C=O) groups excluding carboxylic acids is 1. The van der Waals surface area contributed by atoms with Crippen LogP contribution in [0.1, 0.15) is 11.1 Å². The van der Waals surface area contributed by atoms with Crippen LogP contribution in [-0.4, -0.2) is 47.1 Å². The van der Waals surface area contributed by atoms with Crippen LogP contribution >= 0.6 is 0 Å². The maximum Gasteiger partial charge on any atom is 0.275 e. The highest BCUT2D eigenvalue weighted by atomic mass is 16.2. The number of likely N-dealkylation sites (N-methyl/N-ethyl adjacent to an activating group) is 1. The SMILES string of the molecule is CN(C)CCNC(=O)Cn1c(=O)c(=Cc2ccccc2)n(C)c(=O)c1=Cc1ccccc1. The molecule has 166 valence electrons. The van der Waals surface area contributed by atoms with E-state index in [0.717, 1.165) is 11.1 Å². The molecule has 1 N–H and O–H groups in total. The van der Waals surface area contributed by atoms with Crippen LogP contribution in [0.4, 0.5) is 0 Å². The predicted molar refractivity (Wildman–Crippen MR) is 127 cm³/mol. The lowest BCUT2D eigenvalue weighted by Gasteiger charge is -2.12. The molecule has 0 aliphatic carbocycles. The molecule has 2 aromatic carbocycles. The number of carbonyl (C=O) groups is 1. The van der Waals surface area contributed by atoms with Gasteiger partial charge in [-0.25, -0.2) is 0 Å². The van der Waals surface area contributed by atoms with Crippen LogP contribution in [0, 0.1) is 0 Å². The molecular formula is C25H28N4O3. The first-order valence-electron chi connectivity index (χ1n) is 10.4. The zero-order chi connectivity index (χ0) is 23.1. The van der Waals surface area contributed by atoms with Crippen molar-refractivity contribution in [1.29, 1.82) is 0 Å². The van der Waals surface area contributed by atoms with Gasteiger partial charge in [0.25, 0.3) is 11.1 Å². The zero-order valence-corrected chi connectivity index (χ0v) is 18.6.